The fourth-order valence-corrected chi connectivity index (χ4v) is 4.71. The lowest BCUT2D eigenvalue weighted by Gasteiger charge is -2.14. The maximum Gasteiger partial charge on any atom is 0.363 e. The first-order valence-corrected chi connectivity index (χ1v) is 10.7. The van der Waals surface area contributed by atoms with Crippen LogP contribution in [0.2, 0.25) is 0 Å². The Balaban J connectivity index is 1.95. The molecule has 150 valence electrons. The van der Waals surface area contributed by atoms with Crippen LogP contribution >= 0.6 is 45.2 Å². The van der Waals surface area contributed by atoms with E-state index in [1.807, 2.05) is 26.0 Å². The van der Waals surface area contributed by atoms with Gasteiger partial charge in [-0.2, -0.15) is 0 Å². The quantitative estimate of drug-likeness (QED) is 0.150. The van der Waals surface area contributed by atoms with Gasteiger partial charge in [-0.25, -0.2) is 9.79 Å². The maximum atomic E-state index is 12.3. The molecule has 0 saturated carbocycles. The summed E-state index contributed by atoms with van der Waals surface area (Å²) in [4.78, 5) is 27.2. The van der Waals surface area contributed by atoms with Gasteiger partial charge >= 0.3 is 5.97 Å². The molecular formula is C20H16I2N2O5. The van der Waals surface area contributed by atoms with E-state index in [1.54, 1.807) is 25.1 Å². The van der Waals surface area contributed by atoms with Crippen molar-refractivity contribution in [1.29, 1.82) is 0 Å². The Hall–Kier alpha value is -2.02. The molecule has 2 aromatic rings. The van der Waals surface area contributed by atoms with E-state index < -0.39 is 10.9 Å². The minimum absolute atomic E-state index is 0.0495. The molecule has 29 heavy (non-hydrogen) atoms. The smallest absolute Gasteiger partial charge is 0.363 e. The van der Waals surface area contributed by atoms with Crippen LogP contribution in [0.5, 0.6) is 5.75 Å². The Morgan fingerprint density at radius 3 is 2.45 bits per heavy atom. The van der Waals surface area contributed by atoms with Crippen molar-refractivity contribution < 1.29 is 19.2 Å². The highest BCUT2D eigenvalue weighted by Crippen LogP contribution is 2.31. The van der Waals surface area contributed by atoms with Crippen LogP contribution in [0.3, 0.4) is 0 Å². The molecule has 0 bridgehead atoms. The Kier molecular flexibility index (Phi) is 6.56. The monoisotopic (exact) mass is 618 g/mol. The number of benzene rings is 2. The fraction of sp³-hybridized carbons (Fsp3) is 0.200. The number of ether oxygens (including phenoxy) is 2. The first kappa shape index (κ1) is 21.7. The summed E-state index contributed by atoms with van der Waals surface area (Å²) in [5, 5.41) is 11.2. The lowest BCUT2D eigenvalue weighted by atomic mass is 10.1. The van der Waals surface area contributed by atoms with E-state index in [0.717, 1.165) is 18.5 Å². The molecule has 7 nitrogen and oxygen atoms in total. The number of nitro benzene ring substituents is 1. The molecule has 1 aliphatic heterocycles. The summed E-state index contributed by atoms with van der Waals surface area (Å²) >= 11 is 4.38. The predicted octanol–water partition coefficient (Wildman–Crippen LogP) is 5.24. The SMILES string of the molecule is Cc1ccc(C2=N/C(=C\c3cc(I)c(OC(C)C)c(I)c3)C(=O)O2)cc1[N+](=O)[O-]. The molecule has 0 amide bonds. The van der Waals surface area contributed by atoms with Gasteiger partial charge in [0.15, 0.2) is 5.70 Å². The highest BCUT2D eigenvalue weighted by molar-refractivity contribution is 14.1. The Labute approximate surface area is 194 Å². The third kappa shape index (κ3) is 4.94. The van der Waals surface area contributed by atoms with Crippen LogP contribution in [-0.4, -0.2) is 22.9 Å². The molecular weight excluding hydrogens is 602 g/mol. The number of esters is 1. The summed E-state index contributed by atoms with van der Waals surface area (Å²) in [7, 11) is 0. The van der Waals surface area contributed by atoms with Gasteiger partial charge in [0.1, 0.15) is 5.75 Å². The zero-order valence-electron chi connectivity index (χ0n) is 15.7. The van der Waals surface area contributed by atoms with Crippen LogP contribution in [0.25, 0.3) is 6.08 Å². The fourth-order valence-electron chi connectivity index (χ4n) is 2.64. The molecule has 2 aromatic carbocycles. The Morgan fingerprint density at radius 2 is 1.86 bits per heavy atom. The van der Waals surface area contributed by atoms with Crippen LogP contribution in [0.1, 0.15) is 30.5 Å². The third-order valence-electron chi connectivity index (χ3n) is 3.95. The molecule has 0 unspecified atom stereocenters. The van der Waals surface area contributed by atoms with Crippen LogP contribution in [0, 0.1) is 24.2 Å². The number of rotatable bonds is 5. The van der Waals surface area contributed by atoms with Gasteiger partial charge in [0, 0.05) is 17.2 Å². The van der Waals surface area contributed by atoms with Crippen molar-refractivity contribution in [3.8, 4) is 5.75 Å². The second kappa shape index (κ2) is 8.78. The van der Waals surface area contributed by atoms with E-state index in [1.165, 1.54) is 6.07 Å². The molecule has 0 N–H and O–H groups in total. The van der Waals surface area contributed by atoms with Crippen molar-refractivity contribution >= 4 is 68.8 Å². The zero-order chi connectivity index (χ0) is 21.3. The third-order valence-corrected chi connectivity index (χ3v) is 5.55. The van der Waals surface area contributed by atoms with Crippen LogP contribution < -0.4 is 4.74 Å². The normalized spacial score (nSPS) is 14.9. The van der Waals surface area contributed by atoms with Gasteiger partial charge in [-0.1, -0.05) is 6.07 Å². The molecule has 3 rings (SSSR count). The van der Waals surface area contributed by atoms with Crippen molar-refractivity contribution in [2.45, 2.75) is 26.9 Å². The number of carbonyl (C=O) groups is 1. The predicted molar refractivity (Wildman–Crippen MR) is 126 cm³/mol. The average Bonchev–Trinajstić information content (AvgIpc) is 2.98. The standard InChI is InChI=1S/C20H16I2N2O5/c1-10(2)28-18-14(21)6-12(7-15(18)22)8-16-20(25)29-19(23-16)13-5-4-11(3)17(9-13)24(26)27/h4-10H,1-3H3/b16-8-. The highest BCUT2D eigenvalue weighted by atomic mass is 127. The van der Waals surface area contributed by atoms with Gasteiger partial charge in [-0.3, -0.25) is 10.1 Å². The van der Waals surface area contributed by atoms with Crippen LogP contribution in [0.4, 0.5) is 5.69 Å². The van der Waals surface area contributed by atoms with Crippen molar-refractivity contribution in [3.63, 3.8) is 0 Å². The molecule has 0 aromatic heterocycles. The number of cyclic esters (lactones) is 1. The maximum absolute atomic E-state index is 12.3. The molecule has 1 heterocycles. The first-order chi connectivity index (χ1) is 13.7. The van der Waals surface area contributed by atoms with Crippen molar-refractivity contribution in [2.24, 2.45) is 4.99 Å². The molecule has 0 fully saturated rings. The first-order valence-electron chi connectivity index (χ1n) is 8.59. The van der Waals surface area contributed by atoms with Crippen molar-refractivity contribution in [1.82, 2.24) is 0 Å². The largest absolute Gasteiger partial charge is 0.489 e. The van der Waals surface area contributed by atoms with E-state index in [0.29, 0.717) is 11.1 Å². The van der Waals surface area contributed by atoms with Gasteiger partial charge in [-0.05, 0) is 95.8 Å². The highest BCUT2D eigenvalue weighted by Gasteiger charge is 2.26. The minimum atomic E-state index is -0.601. The lowest BCUT2D eigenvalue weighted by Crippen LogP contribution is -2.08. The minimum Gasteiger partial charge on any atom is -0.489 e. The molecule has 0 saturated heterocycles. The van der Waals surface area contributed by atoms with Gasteiger partial charge in [-0.15, -0.1) is 0 Å². The Bertz CT molecular complexity index is 1050. The summed E-state index contributed by atoms with van der Waals surface area (Å²) in [5.41, 5.74) is 1.76. The summed E-state index contributed by atoms with van der Waals surface area (Å²) in [6, 6.07) is 8.38. The van der Waals surface area contributed by atoms with E-state index in [4.69, 9.17) is 9.47 Å². The van der Waals surface area contributed by atoms with Crippen molar-refractivity contribution in [2.75, 3.05) is 0 Å². The summed E-state index contributed by atoms with van der Waals surface area (Å²) in [6.45, 7) is 5.57. The van der Waals surface area contributed by atoms with E-state index in [-0.39, 0.29) is 23.4 Å². The molecule has 1 aliphatic rings. The van der Waals surface area contributed by atoms with E-state index >= 15 is 0 Å². The van der Waals surface area contributed by atoms with Gasteiger partial charge in [0.2, 0.25) is 5.90 Å². The summed E-state index contributed by atoms with van der Waals surface area (Å²) in [5.74, 6) is 0.248. The molecule has 0 radical (unpaired) electrons. The van der Waals surface area contributed by atoms with E-state index in [9.17, 15) is 14.9 Å². The molecule has 0 aliphatic carbocycles. The number of aryl methyl sites for hydroxylation is 1. The number of carbonyl (C=O) groups excluding carboxylic acids is 1. The second-order valence-electron chi connectivity index (χ2n) is 6.57. The van der Waals surface area contributed by atoms with E-state index in [2.05, 4.69) is 50.2 Å². The number of hydrogen-bond acceptors (Lipinski definition) is 6. The van der Waals surface area contributed by atoms with Crippen LogP contribution in [-0.2, 0) is 9.53 Å². The molecule has 0 spiro atoms. The van der Waals surface area contributed by atoms with Gasteiger partial charge in [0.05, 0.1) is 18.2 Å². The number of halogens is 2. The van der Waals surface area contributed by atoms with Gasteiger partial charge < -0.3 is 9.47 Å². The Morgan fingerprint density at radius 1 is 1.21 bits per heavy atom. The number of nitro groups is 1. The van der Waals surface area contributed by atoms with Crippen molar-refractivity contribution in [3.05, 3.63) is 70.0 Å². The molecule has 0 atom stereocenters. The lowest BCUT2D eigenvalue weighted by molar-refractivity contribution is -0.385. The second-order valence-corrected chi connectivity index (χ2v) is 8.90. The number of nitrogens with zero attached hydrogens (tertiary/aromatic N) is 2. The zero-order valence-corrected chi connectivity index (χ0v) is 20.0. The molecule has 9 heteroatoms. The number of hydrogen-bond donors (Lipinski definition) is 0. The number of aliphatic imine (C=N–C) groups is 1. The average molecular weight is 618 g/mol. The summed E-state index contributed by atoms with van der Waals surface area (Å²) in [6.07, 6.45) is 1.68. The topological polar surface area (TPSA) is 91.0 Å². The summed E-state index contributed by atoms with van der Waals surface area (Å²) < 4.78 is 12.9. The van der Waals surface area contributed by atoms with Gasteiger partial charge in [0.25, 0.3) is 5.69 Å². The van der Waals surface area contributed by atoms with Crippen LogP contribution in [0.15, 0.2) is 41.0 Å².